The molecule has 0 bridgehead atoms. The van der Waals surface area contributed by atoms with Crippen LogP contribution >= 0.6 is 0 Å². The molecule has 0 unspecified atom stereocenters. The number of sulfone groups is 1. The van der Waals surface area contributed by atoms with Crippen LogP contribution in [0.3, 0.4) is 0 Å². The summed E-state index contributed by atoms with van der Waals surface area (Å²) in [6, 6.07) is 7.19. The fourth-order valence-corrected chi connectivity index (χ4v) is 3.69. The second-order valence-corrected chi connectivity index (χ2v) is 8.14. The molecule has 0 aromatic heterocycles. The minimum absolute atomic E-state index is 0.368. The molecule has 1 saturated heterocycles. The van der Waals surface area contributed by atoms with Crippen LogP contribution in [0.5, 0.6) is 0 Å². The molecule has 0 radical (unpaired) electrons. The molecule has 1 aromatic rings. The number of benzene rings is 1. The van der Waals surface area contributed by atoms with Gasteiger partial charge in [-0.3, -0.25) is 5.01 Å². The second kappa shape index (κ2) is 5.93. The second-order valence-electron chi connectivity index (χ2n) is 6.12. The number of rotatable bonds is 3. The molecule has 6 heteroatoms. The van der Waals surface area contributed by atoms with E-state index < -0.39 is 9.84 Å². The van der Waals surface area contributed by atoms with Crippen LogP contribution in [0.4, 0.5) is 0 Å². The maximum absolute atomic E-state index is 11.6. The molecule has 0 amide bonds. The fourth-order valence-electron chi connectivity index (χ4n) is 3.06. The van der Waals surface area contributed by atoms with E-state index in [2.05, 4.69) is 28.2 Å². The lowest BCUT2D eigenvalue weighted by molar-refractivity contribution is 0.00259. The van der Waals surface area contributed by atoms with Crippen LogP contribution in [0.15, 0.2) is 35.4 Å². The lowest BCUT2D eigenvalue weighted by atomic mass is 10.1. The first-order valence-electron chi connectivity index (χ1n) is 7.70. The minimum atomic E-state index is -3.14. The molecule has 2 aliphatic rings. The molecule has 0 N–H and O–H groups in total. The highest BCUT2D eigenvalue weighted by Gasteiger charge is 2.26. The summed E-state index contributed by atoms with van der Waals surface area (Å²) in [7, 11) is -1.08. The lowest BCUT2D eigenvalue weighted by Crippen LogP contribution is -2.44. The van der Waals surface area contributed by atoms with Gasteiger partial charge >= 0.3 is 0 Å². The van der Waals surface area contributed by atoms with Gasteiger partial charge in [0.25, 0.3) is 0 Å². The molecule has 0 saturated carbocycles. The van der Waals surface area contributed by atoms with Crippen LogP contribution in [0.25, 0.3) is 5.70 Å². The monoisotopic (exact) mass is 321 g/mol. The Morgan fingerprint density at radius 1 is 1.00 bits per heavy atom. The lowest BCUT2D eigenvalue weighted by Gasteiger charge is -2.37. The van der Waals surface area contributed by atoms with E-state index in [0.717, 1.165) is 31.0 Å². The van der Waals surface area contributed by atoms with Gasteiger partial charge in [-0.15, -0.1) is 0 Å². The van der Waals surface area contributed by atoms with Crippen molar-refractivity contribution < 1.29 is 8.42 Å². The van der Waals surface area contributed by atoms with E-state index >= 15 is 0 Å². The van der Waals surface area contributed by atoms with Gasteiger partial charge in [-0.05, 0) is 25.0 Å². The van der Waals surface area contributed by atoms with Crippen LogP contribution in [0.1, 0.15) is 24.8 Å². The first kappa shape index (κ1) is 15.4. The van der Waals surface area contributed by atoms with Gasteiger partial charge in [0.05, 0.1) is 10.6 Å². The van der Waals surface area contributed by atoms with Gasteiger partial charge in [-0.25, -0.2) is 13.4 Å². The third kappa shape index (κ3) is 3.13. The molecular formula is C16H23N3O2S. The Bertz CT molecular complexity index is 661. The third-order valence-corrected chi connectivity index (χ3v) is 5.36. The van der Waals surface area contributed by atoms with Gasteiger partial charge in [0.1, 0.15) is 6.67 Å². The van der Waals surface area contributed by atoms with E-state index in [0.29, 0.717) is 4.90 Å². The zero-order valence-corrected chi connectivity index (χ0v) is 14.0. The maximum atomic E-state index is 11.6. The fraction of sp³-hybridized carbons (Fsp3) is 0.500. The molecule has 120 valence electrons. The molecule has 0 atom stereocenters. The Kier molecular flexibility index (Phi) is 4.14. The third-order valence-electron chi connectivity index (χ3n) is 4.23. The van der Waals surface area contributed by atoms with Gasteiger partial charge in [0.15, 0.2) is 9.84 Å². The van der Waals surface area contributed by atoms with Gasteiger partial charge in [0.2, 0.25) is 0 Å². The topological polar surface area (TPSA) is 43.9 Å². The van der Waals surface area contributed by atoms with Crippen molar-refractivity contribution in [1.82, 2.24) is 14.9 Å². The molecule has 1 aromatic carbocycles. The Morgan fingerprint density at radius 3 is 2.23 bits per heavy atom. The predicted molar refractivity (Wildman–Crippen MR) is 87.4 cm³/mol. The van der Waals surface area contributed by atoms with Gasteiger partial charge in [0, 0.05) is 38.2 Å². The summed E-state index contributed by atoms with van der Waals surface area (Å²) in [6.45, 7) is 3.03. The number of piperidine rings is 1. The summed E-state index contributed by atoms with van der Waals surface area (Å²) in [5.74, 6) is 0. The molecule has 22 heavy (non-hydrogen) atoms. The first-order chi connectivity index (χ1) is 10.4. The summed E-state index contributed by atoms with van der Waals surface area (Å²) in [5.41, 5.74) is 2.20. The Hall–Kier alpha value is -1.53. The van der Waals surface area contributed by atoms with Crippen LogP contribution in [0, 0.1) is 0 Å². The van der Waals surface area contributed by atoms with Crippen molar-refractivity contribution in [3.05, 3.63) is 36.0 Å². The van der Waals surface area contributed by atoms with E-state index in [1.54, 1.807) is 12.1 Å². The summed E-state index contributed by atoms with van der Waals surface area (Å²) >= 11 is 0. The summed E-state index contributed by atoms with van der Waals surface area (Å²) in [5, 5.41) is 4.72. The van der Waals surface area contributed by atoms with Crippen molar-refractivity contribution in [3.63, 3.8) is 0 Å². The quantitative estimate of drug-likeness (QED) is 0.852. The van der Waals surface area contributed by atoms with Crippen molar-refractivity contribution in [2.45, 2.75) is 24.2 Å². The first-order valence-corrected chi connectivity index (χ1v) is 9.59. The SMILES string of the molecule is CN1C=C(c2ccc(S(C)(=O)=O)cc2)N(N2CCCCC2)C1. The van der Waals surface area contributed by atoms with Crippen molar-refractivity contribution in [3.8, 4) is 0 Å². The van der Waals surface area contributed by atoms with E-state index in [1.165, 1.54) is 25.5 Å². The smallest absolute Gasteiger partial charge is 0.175 e. The van der Waals surface area contributed by atoms with Crippen molar-refractivity contribution in [2.75, 3.05) is 33.1 Å². The number of hydrogen-bond donors (Lipinski definition) is 0. The Morgan fingerprint density at radius 2 is 1.64 bits per heavy atom. The summed E-state index contributed by atoms with van der Waals surface area (Å²) < 4.78 is 23.2. The highest BCUT2D eigenvalue weighted by atomic mass is 32.2. The molecular weight excluding hydrogens is 298 g/mol. The normalized spacial score (nSPS) is 20.4. The standard InChI is InChI=1S/C16H23N3O2S/c1-17-12-16(19(13-17)18-10-4-3-5-11-18)14-6-8-15(9-7-14)22(2,20)21/h6-9,12H,3-5,10-11,13H2,1-2H3. The Labute approximate surface area is 132 Å². The molecule has 2 aliphatic heterocycles. The zero-order chi connectivity index (χ0) is 15.7. The Balaban J connectivity index is 1.86. The van der Waals surface area contributed by atoms with E-state index in [9.17, 15) is 8.42 Å². The average Bonchev–Trinajstić information content (AvgIpc) is 2.89. The minimum Gasteiger partial charge on any atom is -0.360 e. The molecule has 2 heterocycles. The van der Waals surface area contributed by atoms with Crippen molar-refractivity contribution in [2.24, 2.45) is 0 Å². The van der Waals surface area contributed by atoms with Crippen LogP contribution < -0.4 is 0 Å². The molecule has 5 nitrogen and oxygen atoms in total. The summed E-state index contributed by atoms with van der Waals surface area (Å²) in [4.78, 5) is 2.53. The van der Waals surface area contributed by atoms with E-state index in [4.69, 9.17) is 0 Å². The van der Waals surface area contributed by atoms with Gasteiger partial charge < -0.3 is 4.90 Å². The number of hydrazine groups is 1. The zero-order valence-electron chi connectivity index (χ0n) is 13.2. The maximum Gasteiger partial charge on any atom is 0.175 e. The van der Waals surface area contributed by atoms with E-state index in [-0.39, 0.29) is 0 Å². The highest BCUT2D eigenvalue weighted by Crippen LogP contribution is 2.29. The van der Waals surface area contributed by atoms with Gasteiger partial charge in [-0.1, -0.05) is 18.6 Å². The number of nitrogens with zero attached hydrogens (tertiary/aromatic N) is 3. The molecule has 1 fully saturated rings. The predicted octanol–water partition coefficient (Wildman–Crippen LogP) is 1.99. The van der Waals surface area contributed by atoms with Crippen LogP contribution in [-0.2, 0) is 9.84 Å². The summed E-state index contributed by atoms with van der Waals surface area (Å²) in [6.07, 6.45) is 7.15. The molecule has 0 aliphatic carbocycles. The van der Waals surface area contributed by atoms with Crippen molar-refractivity contribution in [1.29, 1.82) is 0 Å². The number of hydrogen-bond acceptors (Lipinski definition) is 5. The molecule has 3 rings (SSSR count). The van der Waals surface area contributed by atoms with E-state index in [1.807, 2.05) is 12.1 Å². The van der Waals surface area contributed by atoms with Gasteiger partial charge in [-0.2, -0.15) is 0 Å². The largest absolute Gasteiger partial charge is 0.360 e. The van der Waals surface area contributed by atoms with Crippen molar-refractivity contribution >= 4 is 15.5 Å². The van der Waals surface area contributed by atoms with Crippen LogP contribution in [-0.4, -0.2) is 56.4 Å². The average molecular weight is 321 g/mol. The molecule has 0 spiro atoms. The van der Waals surface area contributed by atoms with Crippen LogP contribution in [0.2, 0.25) is 0 Å². The highest BCUT2D eigenvalue weighted by molar-refractivity contribution is 7.90.